The molecule has 0 atom stereocenters. The van der Waals surface area contributed by atoms with Crippen molar-refractivity contribution in [1.29, 1.82) is 0 Å². The number of ether oxygens (including phenoxy) is 1. The molecule has 1 amide bonds. The van der Waals surface area contributed by atoms with E-state index in [1.807, 2.05) is 6.08 Å². The summed E-state index contributed by atoms with van der Waals surface area (Å²) in [4.78, 5) is 22.3. The van der Waals surface area contributed by atoms with E-state index in [0.717, 1.165) is 12.8 Å². The number of carbonyl (C=O) groups is 2. The van der Waals surface area contributed by atoms with Gasteiger partial charge in [0.15, 0.2) is 0 Å². The molecule has 0 aromatic heterocycles. The van der Waals surface area contributed by atoms with Crippen LogP contribution in [0.2, 0.25) is 0 Å². The minimum Gasteiger partial charge on any atom is -0.461 e. The highest BCUT2D eigenvalue weighted by Gasteiger charge is 2.10. The van der Waals surface area contributed by atoms with Gasteiger partial charge >= 0.3 is 5.97 Å². The van der Waals surface area contributed by atoms with Crippen LogP contribution < -0.4 is 5.32 Å². The Balaban J connectivity index is 4.33. The number of unbranched alkanes of at least 4 members (excludes halogenated alkanes) is 2. The minimum atomic E-state index is -0.490. The maximum absolute atomic E-state index is 11.4. The zero-order valence-corrected chi connectivity index (χ0v) is 9.91. The third-order valence-corrected chi connectivity index (χ3v) is 1.77. The Labute approximate surface area is 96.4 Å². The van der Waals surface area contributed by atoms with Gasteiger partial charge in [-0.3, -0.25) is 4.79 Å². The summed E-state index contributed by atoms with van der Waals surface area (Å²) >= 11 is 0. The highest BCUT2D eigenvalue weighted by Crippen LogP contribution is 2.02. The summed E-state index contributed by atoms with van der Waals surface area (Å²) in [6, 6.07) is 0. The molecule has 4 nitrogen and oxygen atoms in total. The van der Waals surface area contributed by atoms with Gasteiger partial charge in [0, 0.05) is 6.92 Å². The van der Waals surface area contributed by atoms with Gasteiger partial charge < -0.3 is 10.1 Å². The van der Waals surface area contributed by atoms with Gasteiger partial charge in [-0.15, -0.1) is 6.58 Å². The molecule has 0 fully saturated rings. The Bertz CT molecular complexity index is 282. The molecule has 4 heteroatoms. The molecule has 0 aromatic carbocycles. The SMILES string of the molecule is C=CCCCC=C(NC(C)=O)C(=O)OCC. The van der Waals surface area contributed by atoms with Gasteiger partial charge in [0.05, 0.1) is 6.61 Å². The summed E-state index contributed by atoms with van der Waals surface area (Å²) in [6.45, 7) is 6.98. The van der Waals surface area contributed by atoms with Crippen LogP contribution in [0.4, 0.5) is 0 Å². The maximum Gasteiger partial charge on any atom is 0.354 e. The second-order valence-electron chi connectivity index (χ2n) is 3.24. The molecule has 16 heavy (non-hydrogen) atoms. The van der Waals surface area contributed by atoms with Crippen LogP contribution in [0.1, 0.15) is 33.1 Å². The van der Waals surface area contributed by atoms with Gasteiger partial charge in [0.25, 0.3) is 0 Å². The van der Waals surface area contributed by atoms with Gasteiger partial charge in [0.1, 0.15) is 5.70 Å². The van der Waals surface area contributed by atoms with Crippen LogP contribution in [0.3, 0.4) is 0 Å². The normalized spacial score (nSPS) is 10.8. The van der Waals surface area contributed by atoms with Crippen molar-refractivity contribution < 1.29 is 14.3 Å². The minimum absolute atomic E-state index is 0.221. The molecular weight excluding hydrogens is 206 g/mol. The number of allylic oxidation sites excluding steroid dienone is 2. The van der Waals surface area contributed by atoms with Crippen LogP contribution in [0, 0.1) is 0 Å². The summed E-state index contributed by atoms with van der Waals surface area (Å²) in [5.74, 6) is -0.765. The molecule has 0 bridgehead atoms. The van der Waals surface area contributed by atoms with E-state index < -0.39 is 5.97 Å². The Kier molecular flexibility index (Phi) is 7.85. The van der Waals surface area contributed by atoms with Crippen molar-refractivity contribution in [2.75, 3.05) is 6.61 Å². The molecule has 0 aliphatic carbocycles. The first kappa shape index (κ1) is 14.4. The van der Waals surface area contributed by atoms with E-state index in [9.17, 15) is 9.59 Å². The molecule has 0 rings (SSSR count). The van der Waals surface area contributed by atoms with Crippen molar-refractivity contribution >= 4 is 11.9 Å². The second-order valence-corrected chi connectivity index (χ2v) is 3.24. The van der Waals surface area contributed by atoms with Crippen molar-refractivity contribution in [2.24, 2.45) is 0 Å². The molecular formula is C12H19NO3. The summed E-state index contributed by atoms with van der Waals surface area (Å²) in [5.41, 5.74) is 0.221. The van der Waals surface area contributed by atoms with Crippen molar-refractivity contribution in [3.8, 4) is 0 Å². The standard InChI is InChI=1S/C12H19NO3/c1-4-6-7-8-9-11(13-10(3)14)12(15)16-5-2/h4,9H,1,5-8H2,2-3H3,(H,13,14). The molecule has 0 radical (unpaired) electrons. The molecule has 0 aliphatic rings. The molecule has 1 N–H and O–H groups in total. The predicted molar refractivity (Wildman–Crippen MR) is 62.6 cm³/mol. The zero-order valence-electron chi connectivity index (χ0n) is 9.91. The van der Waals surface area contributed by atoms with Crippen LogP contribution in [0.15, 0.2) is 24.4 Å². The number of carbonyl (C=O) groups excluding carboxylic acids is 2. The average Bonchev–Trinajstić information content (AvgIpc) is 2.22. The van der Waals surface area contributed by atoms with E-state index in [4.69, 9.17) is 4.74 Å². The Morgan fingerprint density at radius 1 is 1.38 bits per heavy atom. The molecule has 0 saturated heterocycles. The largest absolute Gasteiger partial charge is 0.461 e. The first-order valence-corrected chi connectivity index (χ1v) is 5.37. The van der Waals surface area contributed by atoms with Gasteiger partial charge in [0.2, 0.25) is 5.91 Å². The maximum atomic E-state index is 11.4. The highest BCUT2D eigenvalue weighted by molar-refractivity contribution is 5.93. The summed E-state index contributed by atoms with van der Waals surface area (Å²) in [7, 11) is 0. The van der Waals surface area contributed by atoms with E-state index in [1.54, 1.807) is 13.0 Å². The van der Waals surface area contributed by atoms with Gasteiger partial charge in [-0.25, -0.2) is 4.79 Å². The quantitative estimate of drug-likeness (QED) is 0.312. The Morgan fingerprint density at radius 2 is 2.06 bits per heavy atom. The third-order valence-electron chi connectivity index (χ3n) is 1.77. The lowest BCUT2D eigenvalue weighted by atomic mass is 10.2. The molecule has 0 aliphatic heterocycles. The number of hydrogen-bond donors (Lipinski definition) is 1. The van der Waals surface area contributed by atoms with E-state index >= 15 is 0 Å². The molecule has 0 heterocycles. The highest BCUT2D eigenvalue weighted by atomic mass is 16.5. The van der Waals surface area contributed by atoms with Gasteiger partial charge in [-0.1, -0.05) is 12.2 Å². The molecule has 0 aromatic rings. The lowest BCUT2D eigenvalue weighted by Gasteiger charge is -2.07. The smallest absolute Gasteiger partial charge is 0.354 e. The average molecular weight is 225 g/mol. The van der Waals surface area contributed by atoms with E-state index in [1.165, 1.54) is 6.92 Å². The van der Waals surface area contributed by atoms with Crippen LogP contribution >= 0.6 is 0 Å². The first-order chi connectivity index (χ1) is 7.61. The number of nitrogens with one attached hydrogen (secondary N) is 1. The van der Waals surface area contributed by atoms with Crippen molar-refractivity contribution in [3.05, 3.63) is 24.4 Å². The summed E-state index contributed by atoms with van der Waals surface area (Å²) in [6.07, 6.45) is 5.98. The lowest BCUT2D eigenvalue weighted by molar-refractivity contribution is -0.140. The Hall–Kier alpha value is -1.58. The molecule has 90 valence electrons. The fourth-order valence-corrected chi connectivity index (χ4v) is 1.09. The van der Waals surface area contributed by atoms with E-state index in [2.05, 4.69) is 11.9 Å². The number of esters is 1. The fraction of sp³-hybridized carbons (Fsp3) is 0.500. The number of amides is 1. The Morgan fingerprint density at radius 3 is 2.56 bits per heavy atom. The van der Waals surface area contributed by atoms with E-state index in [-0.39, 0.29) is 11.6 Å². The van der Waals surface area contributed by atoms with Crippen LogP contribution in [-0.2, 0) is 14.3 Å². The monoisotopic (exact) mass is 225 g/mol. The van der Waals surface area contributed by atoms with Crippen LogP contribution in [0.25, 0.3) is 0 Å². The summed E-state index contributed by atoms with van der Waals surface area (Å²) in [5, 5.41) is 2.46. The van der Waals surface area contributed by atoms with Crippen LogP contribution in [-0.4, -0.2) is 18.5 Å². The third kappa shape index (κ3) is 6.81. The molecule has 0 saturated carbocycles. The number of hydrogen-bond acceptors (Lipinski definition) is 3. The second kappa shape index (κ2) is 8.71. The van der Waals surface area contributed by atoms with Crippen molar-refractivity contribution in [2.45, 2.75) is 33.1 Å². The summed E-state index contributed by atoms with van der Waals surface area (Å²) < 4.78 is 4.82. The van der Waals surface area contributed by atoms with Gasteiger partial charge in [-0.05, 0) is 26.2 Å². The first-order valence-electron chi connectivity index (χ1n) is 5.37. The lowest BCUT2D eigenvalue weighted by Crippen LogP contribution is -2.26. The molecule has 0 unspecified atom stereocenters. The zero-order chi connectivity index (χ0) is 12.4. The van der Waals surface area contributed by atoms with Crippen molar-refractivity contribution in [3.63, 3.8) is 0 Å². The fourth-order valence-electron chi connectivity index (χ4n) is 1.09. The van der Waals surface area contributed by atoms with Crippen molar-refractivity contribution in [1.82, 2.24) is 5.32 Å². The topological polar surface area (TPSA) is 55.4 Å². The molecule has 0 spiro atoms. The van der Waals surface area contributed by atoms with E-state index in [0.29, 0.717) is 13.0 Å². The number of rotatable bonds is 7. The predicted octanol–water partition coefficient (Wildman–Crippen LogP) is 1.93. The van der Waals surface area contributed by atoms with Gasteiger partial charge in [-0.2, -0.15) is 0 Å². The van der Waals surface area contributed by atoms with Crippen LogP contribution in [0.5, 0.6) is 0 Å².